The highest BCUT2D eigenvalue weighted by Gasteiger charge is 2.20. The molecule has 0 spiro atoms. The Morgan fingerprint density at radius 3 is 2.68 bits per heavy atom. The van der Waals surface area contributed by atoms with Crippen LogP contribution in [0.4, 0.5) is 10.2 Å². The van der Waals surface area contributed by atoms with E-state index in [1.807, 2.05) is 24.1 Å². The smallest absolute Gasteiger partial charge is 0.252 e. The number of halogens is 1. The van der Waals surface area contributed by atoms with Crippen LogP contribution in [0.5, 0.6) is 0 Å². The van der Waals surface area contributed by atoms with Crippen molar-refractivity contribution in [3.8, 4) is 11.8 Å². The number of nitrogens with zero attached hydrogens (tertiary/aromatic N) is 3. The van der Waals surface area contributed by atoms with E-state index in [9.17, 15) is 13.4 Å². The van der Waals surface area contributed by atoms with E-state index >= 15 is 0 Å². The highest BCUT2D eigenvalue weighted by Crippen LogP contribution is 2.20. The van der Waals surface area contributed by atoms with Crippen molar-refractivity contribution >= 4 is 28.7 Å². The van der Waals surface area contributed by atoms with Crippen molar-refractivity contribution in [2.45, 2.75) is 19.8 Å². The van der Waals surface area contributed by atoms with E-state index in [4.69, 9.17) is 0 Å². The van der Waals surface area contributed by atoms with Crippen molar-refractivity contribution in [1.82, 2.24) is 10.3 Å². The van der Waals surface area contributed by atoms with Crippen molar-refractivity contribution in [2.24, 2.45) is 4.99 Å². The van der Waals surface area contributed by atoms with E-state index in [1.54, 1.807) is 31.4 Å². The molecule has 1 aromatic carbocycles. The van der Waals surface area contributed by atoms with Gasteiger partial charge in [0.05, 0.1) is 11.1 Å². The molecule has 0 saturated carbocycles. The van der Waals surface area contributed by atoms with E-state index in [-0.39, 0.29) is 11.7 Å². The minimum Gasteiger partial charge on any atom is -0.354 e. The number of allylic oxidation sites excluding steroid dienone is 2. The van der Waals surface area contributed by atoms with Crippen LogP contribution in [0.15, 0.2) is 53.2 Å². The summed E-state index contributed by atoms with van der Waals surface area (Å²) in [6.45, 7) is 3.73. The molecule has 1 amide bonds. The number of hydrogen-bond donors (Lipinski definition) is 1. The second kappa shape index (κ2) is 12.8. The summed E-state index contributed by atoms with van der Waals surface area (Å²) >= 11 is 0. The summed E-state index contributed by atoms with van der Waals surface area (Å²) in [5.41, 5.74) is 2.83. The van der Waals surface area contributed by atoms with Crippen molar-refractivity contribution < 1.29 is 13.4 Å². The molecule has 2 aromatic rings. The molecule has 1 fully saturated rings. The number of carbonyl (C=O) groups is 1. The first kappa shape index (κ1) is 25.3. The van der Waals surface area contributed by atoms with Gasteiger partial charge in [-0.25, -0.2) is 9.37 Å². The van der Waals surface area contributed by atoms with E-state index in [0.29, 0.717) is 53.6 Å². The molecule has 6 nitrogen and oxygen atoms in total. The normalized spacial score (nSPS) is 14.7. The summed E-state index contributed by atoms with van der Waals surface area (Å²) in [4.78, 5) is 23.4. The molecule has 1 aliphatic heterocycles. The van der Waals surface area contributed by atoms with Gasteiger partial charge in [0.2, 0.25) is 0 Å². The van der Waals surface area contributed by atoms with Crippen molar-refractivity contribution in [3.63, 3.8) is 0 Å². The highest BCUT2D eigenvalue weighted by atomic mass is 32.2. The molecule has 0 aliphatic carbocycles. The Hall–Kier alpha value is -3.31. The summed E-state index contributed by atoms with van der Waals surface area (Å²) < 4.78 is 25.0. The number of amides is 1. The molecule has 3 rings (SSSR count). The third kappa shape index (κ3) is 7.35. The number of nitrogens with one attached hydrogen (secondary N) is 1. The van der Waals surface area contributed by atoms with Crippen LogP contribution in [0.1, 0.15) is 41.3 Å². The lowest BCUT2D eigenvalue weighted by molar-refractivity contribution is 0.0953. The first-order valence-electron chi connectivity index (χ1n) is 11.2. The van der Waals surface area contributed by atoms with Crippen molar-refractivity contribution in [3.05, 3.63) is 70.7 Å². The van der Waals surface area contributed by atoms with Crippen LogP contribution >= 0.6 is 0 Å². The maximum absolute atomic E-state index is 13.2. The van der Waals surface area contributed by atoms with Gasteiger partial charge >= 0.3 is 0 Å². The van der Waals surface area contributed by atoms with E-state index in [1.165, 1.54) is 12.1 Å². The second-order valence-corrected chi connectivity index (χ2v) is 9.49. The standard InChI is InChI=1S/C26H29FN4O2S/c1-3-20(18-28-2)5-4-12-29-26(32)23-17-22(9-6-21-7-10-24(27)11-8-21)25(30-19-23)31-13-15-34(33)16-14-31/h3,7-8,10-11,17-19H,4-5,12-16H2,1-2H3,(H,29,32)/b20-3-,28-18?. The largest absolute Gasteiger partial charge is 0.354 e. The van der Waals surface area contributed by atoms with Crippen LogP contribution in [-0.4, -0.2) is 59.5 Å². The van der Waals surface area contributed by atoms with E-state index in [0.717, 1.165) is 18.4 Å². The maximum atomic E-state index is 13.2. The van der Waals surface area contributed by atoms with Gasteiger partial charge in [-0.1, -0.05) is 17.9 Å². The Kier molecular flexibility index (Phi) is 9.53. The van der Waals surface area contributed by atoms with Crippen LogP contribution in [0.25, 0.3) is 0 Å². The third-order valence-electron chi connectivity index (χ3n) is 5.39. The zero-order valence-corrected chi connectivity index (χ0v) is 20.3. The van der Waals surface area contributed by atoms with Gasteiger partial charge in [-0.15, -0.1) is 0 Å². The van der Waals surface area contributed by atoms with Crippen LogP contribution in [0.3, 0.4) is 0 Å². The predicted molar refractivity (Wildman–Crippen MR) is 136 cm³/mol. The summed E-state index contributed by atoms with van der Waals surface area (Å²) in [7, 11) is 0.921. The Labute approximate surface area is 202 Å². The molecule has 1 saturated heterocycles. The lowest BCUT2D eigenvalue weighted by Gasteiger charge is -2.28. The lowest BCUT2D eigenvalue weighted by Crippen LogP contribution is -2.38. The topological polar surface area (TPSA) is 74.7 Å². The van der Waals surface area contributed by atoms with E-state index < -0.39 is 10.8 Å². The van der Waals surface area contributed by atoms with Gasteiger partial charge in [0.25, 0.3) is 5.91 Å². The molecule has 178 valence electrons. The molecule has 2 heterocycles. The van der Waals surface area contributed by atoms with Crippen LogP contribution in [0.2, 0.25) is 0 Å². The number of pyridine rings is 1. The van der Waals surface area contributed by atoms with E-state index in [2.05, 4.69) is 27.1 Å². The van der Waals surface area contributed by atoms with Crippen molar-refractivity contribution in [1.29, 1.82) is 0 Å². The van der Waals surface area contributed by atoms with Gasteiger partial charge in [0, 0.05) is 67.0 Å². The zero-order chi connectivity index (χ0) is 24.3. The Morgan fingerprint density at radius 1 is 1.26 bits per heavy atom. The number of benzene rings is 1. The number of rotatable bonds is 7. The molecule has 8 heteroatoms. The third-order valence-corrected chi connectivity index (χ3v) is 6.66. The SMILES string of the molecule is C/C=C(\C=NC)CCCNC(=O)c1cnc(N2CCS(=O)CC2)c(C#Cc2ccc(F)cc2)c1. The molecule has 0 unspecified atom stereocenters. The van der Waals surface area contributed by atoms with Crippen LogP contribution in [0, 0.1) is 17.7 Å². The van der Waals surface area contributed by atoms with Crippen LogP contribution in [-0.2, 0) is 10.8 Å². The number of carbonyl (C=O) groups excluding carboxylic acids is 1. The summed E-state index contributed by atoms with van der Waals surface area (Å²) in [6.07, 6.45) is 7.02. The molecule has 1 N–H and O–H groups in total. The zero-order valence-electron chi connectivity index (χ0n) is 19.5. The minimum atomic E-state index is -0.817. The summed E-state index contributed by atoms with van der Waals surface area (Å²) in [5, 5.41) is 2.94. The molecule has 1 aromatic heterocycles. The number of aromatic nitrogens is 1. The van der Waals surface area contributed by atoms with Crippen LogP contribution < -0.4 is 10.2 Å². The van der Waals surface area contributed by atoms with Gasteiger partial charge in [-0.2, -0.15) is 0 Å². The second-order valence-electron chi connectivity index (χ2n) is 7.80. The maximum Gasteiger partial charge on any atom is 0.252 e. The fraction of sp³-hybridized carbons (Fsp3) is 0.346. The van der Waals surface area contributed by atoms with Gasteiger partial charge in [0.15, 0.2) is 0 Å². The fourth-order valence-corrected chi connectivity index (χ4v) is 4.55. The Balaban J connectivity index is 1.77. The highest BCUT2D eigenvalue weighted by molar-refractivity contribution is 7.85. The van der Waals surface area contributed by atoms with Gasteiger partial charge < -0.3 is 10.2 Å². The Bertz CT molecular complexity index is 1140. The molecule has 0 atom stereocenters. The lowest BCUT2D eigenvalue weighted by atomic mass is 10.1. The van der Waals surface area contributed by atoms with Gasteiger partial charge in [-0.05, 0) is 55.7 Å². The van der Waals surface area contributed by atoms with Gasteiger partial charge in [0.1, 0.15) is 11.6 Å². The average molecular weight is 481 g/mol. The summed E-state index contributed by atoms with van der Waals surface area (Å²) in [6, 6.07) is 7.68. The molecular formula is C26H29FN4O2S. The number of anilines is 1. The average Bonchev–Trinajstić information content (AvgIpc) is 2.86. The Morgan fingerprint density at radius 2 is 2.00 bits per heavy atom. The molecule has 34 heavy (non-hydrogen) atoms. The quantitative estimate of drug-likeness (QED) is 0.375. The molecule has 0 bridgehead atoms. The number of aliphatic imine (C=N–C) groups is 1. The number of hydrogen-bond acceptors (Lipinski definition) is 5. The summed E-state index contributed by atoms with van der Waals surface area (Å²) in [5.74, 6) is 7.41. The van der Waals surface area contributed by atoms with Crippen molar-refractivity contribution in [2.75, 3.05) is 43.1 Å². The van der Waals surface area contributed by atoms with Gasteiger partial charge in [-0.3, -0.25) is 14.0 Å². The molecule has 1 aliphatic rings. The first-order chi connectivity index (χ1) is 16.5. The molecule has 0 radical (unpaired) electrons. The minimum absolute atomic E-state index is 0.213. The molecular weight excluding hydrogens is 451 g/mol. The first-order valence-corrected chi connectivity index (χ1v) is 12.7. The fourth-order valence-electron chi connectivity index (χ4n) is 3.49. The monoisotopic (exact) mass is 480 g/mol. The predicted octanol–water partition coefficient (Wildman–Crippen LogP) is 3.35.